The van der Waals surface area contributed by atoms with Gasteiger partial charge in [-0.15, -0.1) is 0 Å². The van der Waals surface area contributed by atoms with Crippen LogP contribution in [0.4, 0.5) is 4.79 Å². The number of hydrogen-bond donors (Lipinski definition) is 1. The van der Waals surface area contributed by atoms with E-state index >= 15 is 0 Å². The summed E-state index contributed by atoms with van der Waals surface area (Å²) in [5.41, 5.74) is 3.56. The molecule has 2 heterocycles. The quantitative estimate of drug-likeness (QED) is 0.757. The fraction of sp³-hybridized carbons (Fsp3) is 0.520. The summed E-state index contributed by atoms with van der Waals surface area (Å²) in [4.78, 5) is 29.4. The van der Waals surface area contributed by atoms with Crippen LogP contribution in [0.15, 0.2) is 42.6 Å². The summed E-state index contributed by atoms with van der Waals surface area (Å²) in [6.45, 7) is 13.1. The summed E-state index contributed by atoms with van der Waals surface area (Å²) in [6.07, 6.45) is 2.89. The van der Waals surface area contributed by atoms with Gasteiger partial charge in [-0.2, -0.15) is 0 Å². The topological polar surface area (TPSA) is 57.6 Å². The lowest BCUT2D eigenvalue weighted by Gasteiger charge is -2.38. The molecule has 6 nitrogen and oxygen atoms in total. The van der Waals surface area contributed by atoms with Gasteiger partial charge in [0.05, 0.1) is 6.04 Å². The Morgan fingerprint density at radius 3 is 2.42 bits per heavy atom. The highest BCUT2D eigenvalue weighted by Gasteiger charge is 2.33. The molecule has 0 radical (unpaired) electrons. The van der Waals surface area contributed by atoms with Crippen LogP contribution in [0, 0.1) is 0 Å². The number of rotatable bonds is 6. The van der Waals surface area contributed by atoms with Crippen molar-refractivity contribution in [1.29, 1.82) is 0 Å². The Bertz CT molecular complexity index is 895. The highest BCUT2D eigenvalue weighted by molar-refractivity contribution is 5.84. The molecule has 1 aliphatic heterocycles. The number of nitrogens with zero attached hydrogens (tertiary/aromatic N) is 3. The minimum absolute atomic E-state index is 0.0166. The number of hydrogen-bond acceptors (Lipinski definition) is 2. The molecule has 168 valence electrons. The molecule has 1 atom stereocenters. The lowest BCUT2D eigenvalue weighted by molar-refractivity contribution is -0.134. The van der Waals surface area contributed by atoms with E-state index in [1.807, 2.05) is 24.8 Å². The van der Waals surface area contributed by atoms with Gasteiger partial charge in [-0.3, -0.25) is 4.79 Å². The maximum Gasteiger partial charge on any atom is 0.317 e. The lowest BCUT2D eigenvalue weighted by atomic mass is 9.86. The predicted molar refractivity (Wildman–Crippen MR) is 124 cm³/mol. The number of urea groups is 1. The second kappa shape index (κ2) is 9.58. The van der Waals surface area contributed by atoms with Crippen molar-refractivity contribution >= 4 is 11.9 Å². The number of aromatic nitrogens is 1. The van der Waals surface area contributed by atoms with Crippen molar-refractivity contribution in [2.45, 2.75) is 59.0 Å². The van der Waals surface area contributed by atoms with Crippen molar-refractivity contribution in [3.63, 3.8) is 0 Å². The Balaban J connectivity index is 1.89. The van der Waals surface area contributed by atoms with Crippen LogP contribution in [0.1, 0.15) is 63.9 Å². The fourth-order valence-corrected chi connectivity index (χ4v) is 4.21. The SMILES string of the molecule is CCCN(CC(=O)N1CCn2cccc2[C@H]1c1ccc(C(C)(C)C)cc1)C(=O)NCC. The second-order valence-corrected chi connectivity index (χ2v) is 9.25. The van der Waals surface area contributed by atoms with Crippen LogP contribution < -0.4 is 5.32 Å². The van der Waals surface area contributed by atoms with Crippen molar-refractivity contribution in [2.75, 3.05) is 26.2 Å². The molecule has 0 fully saturated rings. The number of carbonyl (C=O) groups excluding carboxylic acids is 2. The molecule has 3 amide bonds. The van der Waals surface area contributed by atoms with E-state index in [9.17, 15) is 9.59 Å². The lowest BCUT2D eigenvalue weighted by Crippen LogP contribution is -2.50. The third-order valence-corrected chi connectivity index (χ3v) is 5.89. The van der Waals surface area contributed by atoms with E-state index in [4.69, 9.17) is 0 Å². The molecule has 3 rings (SSSR count). The van der Waals surface area contributed by atoms with Crippen LogP contribution in [0.25, 0.3) is 0 Å². The standard InChI is InChI=1S/C25H36N4O2/c1-6-14-28(24(31)26-7-2)18-22(30)29-17-16-27-15-8-9-21(27)23(29)19-10-12-20(13-11-19)25(3,4)5/h8-13,15,23H,6-7,14,16-18H2,1-5H3,(H,26,31)/t23-/m1/s1. The number of fused-ring (bicyclic) bond motifs is 1. The molecule has 0 saturated carbocycles. The van der Waals surface area contributed by atoms with Gasteiger partial charge in [0.15, 0.2) is 0 Å². The maximum atomic E-state index is 13.4. The van der Waals surface area contributed by atoms with E-state index in [0.717, 1.165) is 24.2 Å². The van der Waals surface area contributed by atoms with E-state index in [1.165, 1.54) is 5.56 Å². The van der Waals surface area contributed by atoms with Gasteiger partial charge in [0.2, 0.25) is 5.91 Å². The summed E-state index contributed by atoms with van der Waals surface area (Å²) < 4.78 is 2.22. The predicted octanol–water partition coefficient (Wildman–Crippen LogP) is 4.16. The van der Waals surface area contributed by atoms with Gasteiger partial charge in [0, 0.05) is 38.1 Å². The molecule has 2 aromatic rings. The average Bonchev–Trinajstić information content (AvgIpc) is 3.21. The molecule has 0 bridgehead atoms. The van der Waals surface area contributed by atoms with Crippen LogP contribution in [0.2, 0.25) is 0 Å². The highest BCUT2D eigenvalue weighted by Crippen LogP contribution is 2.34. The zero-order valence-electron chi connectivity index (χ0n) is 19.5. The third kappa shape index (κ3) is 5.12. The molecule has 0 spiro atoms. The van der Waals surface area contributed by atoms with Crippen LogP contribution in [0.5, 0.6) is 0 Å². The summed E-state index contributed by atoms with van der Waals surface area (Å²) in [7, 11) is 0. The maximum absolute atomic E-state index is 13.4. The molecule has 1 aromatic heterocycles. The smallest absolute Gasteiger partial charge is 0.317 e. The minimum Gasteiger partial charge on any atom is -0.348 e. The Labute approximate surface area is 186 Å². The van der Waals surface area contributed by atoms with Gasteiger partial charge < -0.3 is 19.7 Å². The van der Waals surface area contributed by atoms with Crippen molar-refractivity contribution in [3.8, 4) is 0 Å². The number of nitrogens with one attached hydrogen (secondary N) is 1. The normalized spacial score (nSPS) is 16.0. The van der Waals surface area contributed by atoms with Gasteiger partial charge in [-0.1, -0.05) is 52.0 Å². The molecule has 6 heteroatoms. The molecular weight excluding hydrogens is 388 g/mol. The second-order valence-electron chi connectivity index (χ2n) is 9.25. The molecule has 0 saturated heterocycles. The Hall–Kier alpha value is -2.76. The van der Waals surface area contributed by atoms with E-state index in [2.05, 4.69) is 67.2 Å². The van der Waals surface area contributed by atoms with Crippen LogP contribution in [-0.4, -0.2) is 52.5 Å². The number of carbonyl (C=O) groups is 2. The van der Waals surface area contributed by atoms with E-state index in [0.29, 0.717) is 19.6 Å². The average molecular weight is 425 g/mol. The Kier molecular flexibility index (Phi) is 7.08. The third-order valence-electron chi connectivity index (χ3n) is 5.89. The van der Waals surface area contributed by atoms with E-state index in [-0.39, 0.29) is 29.9 Å². The summed E-state index contributed by atoms with van der Waals surface area (Å²) in [5.74, 6) is -0.0166. The van der Waals surface area contributed by atoms with Gasteiger partial charge in [-0.25, -0.2) is 4.79 Å². The van der Waals surface area contributed by atoms with Crippen molar-refractivity contribution < 1.29 is 9.59 Å². The first-order chi connectivity index (χ1) is 14.8. The fourth-order valence-electron chi connectivity index (χ4n) is 4.21. The zero-order chi connectivity index (χ0) is 22.6. The van der Waals surface area contributed by atoms with Crippen LogP contribution in [-0.2, 0) is 16.8 Å². The number of benzene rings is 1. The molecule has 0 unspecified atom stereocenters. The van der Waals surface area contributed by atoms with Crippen molar-refractivity contribution in [2.24, 2.45) is 0 Å². The van der Waals surface area contributed by atoms with Crippen LogP contribution >= 0.6 is 0 Å². The van der Waals surface area contributed by atoms with E-state index in [1.54, 1.807) is 4.90 Å². The molecule has 1 N–H and O–H groups in total. The van der Waals surface area contributed by atoms with Gasteiger partial charge >= 0.3 is 6.03 Å². The first-order valence-corrected chi connectivity index (χ1v) is 11.3. The Morgan fingerprint density at radius 2 is 1.81 bits per heavy atom. The zero-order valence-corrected chi connectivity index (χ0v) is 19.5. The van der Waals surface area contributed by atoms with Crippen molar-refractivity contribution in [1.82, 2.24) is 19.7 Å². The first kappa shape index (κ1) is 22.9. The highest BCUT2D eigenvalue weighted by atomic mass is 16.2. The van der Waals surface area contributed by atoms with Gasteiger partial charge in [-0.05, 0) is 42.0 Å². The largest absolute Gasteiger partial charge is 0.348 e. The van der Waals surface area contributed by atoms with Crippen molar-refractivity contribution in [3.05, 3.63) is 59.4 Å². The van der Waals surface area contributed by atoms with Gasteiger partial charge in [0.1, 0.15) is 6.54 Å². The minimum atomic E-state index is -0.177. The molecule has 1 aliphatic rings. The summed E-state index contributed by atoms with van der Waals surface area (Å²) in [6, 6.07) is 12.4. The number of amides is 3. The Morgan fingerprint density at radius 1 is 1.10 bits per heavy atom. The van der Waals surface area contributed by atoms with Crippen LogP contribution in [0.3, 0.4) is 0 Å². The first-order valence-electron chi connectivity index (χ1n) is 11.3. The van der Waals surface area contributed by atoms with E-state index < -0.39 is 0 Å². The molecular formula is C25H36N4O2. The van der Waals surface area contributed by atoms with Gasteiger partial charge in [0.25, 0.3) is 0 Å². The monoisotopic (exact) mass is 424 g/mol. The molecule has 0 aliphatic carbocycles. The molecule has 1 aromatic carbocycles. The molecule has 31 heavy (non-hydrogen) atoms. The summed E-state index contributed by atoms with van der Waals surface area (Å²) in [5, 5.41) is 2.83. The summed E-state index contributed by atoms with van der Waals surface area (Å²) >= 11 is 0.